The lowest BCUT2D eigenvalue weighted by Gasteiger charge is -2.26. The third-order valence-corrected chi connectivity index (χ3v) is 5.80. The van der Waals surface area contributed by atoms with Crippen molar-refractivity contribution in [2.24, 2.45) is 5.92 Å². The number of rotatable bonds is 8. The molecule has 0 saturated carbocycles. The van der Waals surface area contributed by atoms with Crippen molar-refractivity contribution in [3.05, 3.63) is 77.6 Å². The van der Waals surface area contributed by atoms with E-state index in [0.29, 0.717) is 17.8 Å². The zero-order chi connectivity index (χ0) is 24.0. The molecule has 0 fully saturated rings. The molecule has 0 radical (unpaired) electrons. The molecule has 174 valence electrons. The van der Waals surface area contributed by atoms with Gasteiger partial charge in [0, 0.05) is 37.2 Å². The third-order valence-electron chi connectivity index (χ3n) is 5.80. The monoisotopic (exact) mass is 447 g/mol. The second-order valence-electron chi connectivity index (χ2n) is 9.21. The Morgan fingerprint density at radius 2 is 1.91 bits per heavy atom. The Hall–Kier alpha value is -3.54. The summed E-state index contributed by atoms with van der Waals surface area (Å²) in [5, 5.41) is 6.09. The van der Waals surface area contributed by atoms with E-state index in [-0.39, 0.29) is 17.2 Å². The number of anilines is 3. The molecule has 0 heterocycles. The predicted octanol–water partition coefficient (Wildman–Crippen LogP) is 5.35. The van der Waals surface area contributed by atoms with Crippen LogP contribution in [0.25, 0.3) is 0 Å². The number of ether oxygens (including phenoxy) is 1. The van der Waals surface area contributed by atoms with Crippen LogP contribution in [0.4, 0.5) is 17.1 Å². The fourth-order valence-corrected chi connectivity index (χ4v) is 3.83. The Kier molecular flexibility index (Phi) is 7.59. The van der Waals surface area contributed by atoms with Crippen molar-refractivity contribution in [1.82, 2.24) is 0 Å². The van der Waals surface area contributed by atoms with E-state index in [2.05, 4.69) is 37.5 Å². The second kappa shape index (κ2) is 10.4. The normalized spacial score (nSPS) is 15.4. The first-order valence-corrected chi connectivity index (χ1v) is 11.1. The zero-order valence-electron chi connectivity index (χ0n) is 20.0. The predicted molar refractivity (Wildman–Crippen MR) is 135 cm³/mol. The molecule has 0 aromatic heterocycles. The summed E-state index contributed by atoms with van der Waals surface area (Å²) in [6, 6.07) is 13.2. The Bertz CT molecular complexity index is 1050. The maximum atomic E-state index is 12.7. The van der Waals surface area contributed by atoms with E-state index >= 15 is 0 Å². The minimum absolute atomic E-state index is 0.0336. The maximum absolute atomic E-state index is 12.7. The molecule has 1 atom stereocenters. The number of benzene rings is 2. The van der Waals surface area contributed by atoms with Crippen LogP contribution in [-0.2, 0) is 14.9 Å². The number of hydrogen-bond acceptors (Lipinski definition) is 4. The molecule has 33 heavy (non-hydrogen) atoms. The van der Waals surface area contributed by atoms with Crippen LogP contribution in [0.3, 0.4) is 0 Å². The first-order chi connectivity index (χ1) is 15.7. The minimum atomic E-state index is -0.177. The molecule has 0 spiro atoms. The standard InChI is InChI=1S/C27H33N3O3/c1-27(2,3)21-11-9-20(10-12-21)26(32)29-22-13-14-25(24(16-22)28-4)30(18-31)17-19-7-6-8-23(15-19)33-5/h6-14,16,18-19,28H,15,17H2,1-5H3,(H,29,32). The van der Waals surface area contributed by atoms with Crippen LogP contribution in [0, 0.1) is 5.92 Å². The molecular weight excluding hydrogens is 414 g/mol. The number of carbonyl (C=O) groups excluding carboxylic acids is 2. The van der Waals surface area contributed by atoms with Gasteiger partial charge in [-0.1, -0.05) is 45.1 Å². The van der Waals surface area contributed by atoms with Gasteiger partial charge in [-0.2, -0.15) is 0 Å². The van der Waals surface area contributed by atoms with E-state index in [4.69, 9.17) is 4.74 Å². The molecule has 6 heteroatoms. The van der Waals surface area contributed by atoms with Gasteiger partial charge in [-0.05, 0) is 47.4 Å². The van der Waals surface area contributed by atoms with Gasteiger partial charge in [-0.25, -0.2) is 0 Å². The maximum Gasteiger partial charge on any atom is 0.255 e. The Morgan fingerprint density at radius 3 is 2.52 bits per heavy atom. The van der Waals surface area contributed by atoms with Crippen LogP contribution in [-0.4, -0.2) is 33.0 Å². The molecule has 0 bridgehead atoms. The smallest absolute Gasteiger partial charge is 0.255 e. The van der Waals surface area contributed by atoms with Gasteiger partial charge >= 0.3 is 0 Å². The second-order valence-corrected chi connectivity index (χ2v) is 9.21. The molecule has 0 saturated heterocycles. The lowest BCUT2D eigenvalue weighted by molar-refractivity contribution is -0.107. The van der Waals surface area contributed by atoms with Gasteiger partial charge in [0.15, 0.2) is 0 Å². The topological polar surface area (TPSA) is 70.7 Å². The summed E-state index contributed by atoms with van der Waals surface area (Å²) >= 11 is 0. The van der Waals surface area contributed by atoms with E-state index in [1.54, 1.807) is 19.1 Å². The van der Waals surface area contributed by atoms with Crippen LogP contribution >= 0.6 is 0 Å². The van der Waals surface area contributed by atoms with E-state index in [0.717, 1.165) is 30.0 Å². The number of allylic oxidation sites excluding steroid dienone is 3. The average Bonchev–Trinajstić information content (AvgIpc) is 2.82. The number of nitrogens with zero attached hydrogens (tertiary/aromatic N) is 1. The molecule has 1 unspecified atom stereocenters. The fraction of sp³-hybridized carbons (Fsp3) is 0.333. The van der Waals surface area contributed by atoms with Gasteiger partial charge in [-0.15, -0.1) is 0 Å². The van der Waals surface area contributed by atoms with E-state index in [1.165, 1.54) is 5.56 Å². The largest absolute Gasteiger partial charge is 0.501 e. The number of amides is 2. The number of carbonyl (C=O) groups is 2. The lowest BCUT2D eigenvalue weighted by Crippen LogP contribution is -2.29. The van der Waals surface area contributed by atoms with Crippen molar-refractivity contribution < 1.29 is 14.3 Å². The zero-order valence-corrected chi connectivity index (χ0v) is 20.0. The average molecular weight is 448 g/mol. The summed E-state index contributed by atoms with van der Waals surface area (Å²) in [4.78, 5) is 26.3. The van der Waals surface area contributed by atoms with Crippen LogP contribution in [0.15, 0.2) is 66.5 Å². The van der Waals surface area contributed by atoms with Gasteiger partial charge in [-0.3, -0.25) is 9.59 Å². The van der Waals surface area contributed by atoms with E-state index < -0.39 is 0 Å². The molecular formula is C27H33N3O3. The Morgan fingerprint density at radius 1 is 1.18 bits per heavy atom. The first kappa shape index (κ1) is 24.1. The Labute approximate surface area is 196 Å². The Balaban J connectivity index is 1.73. The molecule has 1 aliphatic carbocycles. The summed E-state index contributed by atoms with van der Waals surface area (Å²) in [6.45, 7) is 6.96. The summed E-state index contributed by atoms with van der Waals surface area (Å²) in [5.74, 6) is 0.884. The highest BCUT2D eigenvalue weighted by atomic mass is 16.5. The molecule has 2 aromatic carbocycles. The number of methoxy groups -OCH3 is 1. The molecule has 1 aliphatic rings. The highest BCUT2D eigenvalue weighted by Gasteiger charge is 2.19. The van der Waals surface area contributed by atoms with Crippen molar-refractivity contribution in [3.63, 3.8) is 0 Å². The van der Waals surface area contributed by atoms with Crippen molar-refractivity contribution >= 4 is 29.4 Å². The first-order valence-electron chi connectivity index (χ1n) is 11.1. The number of hydrogen-bond donors (Lipinski definition) is 2. The molecule has 2 N–H and O–H groups in total. The summed E-state index contributed by atoms with van der Waals surface area (Å²) in [6.07, 6.45) is 7.56. The summed E-state index contributed by atoms with van der Waals surface area (Å²) < 4.78 is 5.35. The fourth-order valence-electron chi connectivity index (χ4n) is 3.83. The van der Waals surface area contributed by atoms with Crippen LogP contribution in [0.5, 0.6) is 0 Å². The molecule has 2 amide bonds. The third kappa shape index (κ3) is 6.04. The summed E-state index contributed by atoms with van der Waals surface area (Å²) in [7, 11) is 3.45. The molecule has 2 aromatic rings. The molecule has 3 rings (SSSR count). The quantitative estimate of drug-likeness (QED) is 0.536. The van der Waals surface area contributed by atoms with Crippen molar-refractivity contribution in [3.8, 4) is 0 Å². The van der Waals surface area contributed by atoms with Gasteiger partial charge in [0.2, 0.25) is 6.41 Å². The number of nitrogens with one attached hydrogen (secondary N) is 2. The van der Waals surface area contributed by atoms with Crippen LogP contribution in [0.2, 0.25) is 0 Å². The van der Waals surface area contributed by atoms with Crippen molar-refractivity contribution in [2.75, 3.05) is 36.2 Å². The van der Waals surface area contributed by atoms with Gasteiger partial charge in [0.1, 0.15) is 0 Å². The van der Waals surface area contributed by atoms with E-state index in [1.807, 2.05) is 54.6 Å². The van der Waals surface area contributed by atoms with Crippen molar-refractivity contribution in [2.45, 2.75) is 32.6 Å². The van der Waals surface area contributed by atoms with Gasteiger partial charge < -0.3 is 20.3 Å². The summed E-state index contributed by atoms with van der Waals surface area (Å²) in [5.41, 5.74) is 3.97. The SMILES string of the molecule is CNc1cc(NC(=O)c2ccc(C(C)(C)C)cc2)ccc1N(C=O)CC1C=CC=C(OC)C1. The molecule has 0 aliphatic heterocycles. The minimum Gasteiger partial charge on any atom is -0.501 e. The van der Waals surface area contributed by atoms with Crippen molar-refractivity contribution in [1.29, 1.82) is 0 Å². The molecule has 6 nitrogen and oxygen atoms in total. The highest BCUT2D eigenvalue weighted by molar-refractivity contribution is 6.05. The van der Waals surface area contributed by atoms with Crippen LogP contribution < -0.4 is 15.5 Å². The highest BCUT2D eigenvalue weighted by Crippen LogP contribution is 2.31. The van der Waals surface area contributed by atoms with Gasteiger partial charge in [0.25, 0.3) is 5.91 Å². The van der Waals surface area contributed by atoms with E-state index in [9.17, 15) is 9.59 Å². The van der Waals surface area contributed by atoms with Gasteiger partial charge in [0.05, 0.1) is 24.2 Å². The lowest BCUT2D eigenvalue weighted by atomic mass is 9.87. The van der Waals surface area contributed by atoms with Crippen LogP contribution in [0.1, 0.15) is 43.1 Å².